The molecule has 3 amide bonds. The molecule has 236 valence electrons. The molecule has 1 unspecified atom stereocenters. The SMILES string of the molecule is CC(N)(CO)C(=O)N1CCN(C(=O)Nc2ccn(-c3ccc(CN(CC4CC4)C4CCC(N)CC4)cc3)c(=O)n2)CC1.Cl. The van der Waals surface area contributed by atoms with E-state index in [2.05, 4.69) is 27.3 Å². The number of nitrogens with zero attached hydrogens (tertiary/aromatic N) is 5. The van der Waals surface area contributed by atoms with Crippen LogP contribution in [0.5, 0.6) is 0 Å². The molecule has 1 saturated heterocycles. The average molecular weight is 617 g/mol. The first-order valence-electron chi connectivity index (χ1n) is 15.1. The summed E-state index contributed by atoms with van der Waals surface area (Å²) in [7, 11) is 0. The van der Waals surface area contributed by atoms with Crippen molar-refractivity contribution in [1.29, 1.82) is 0 Å². The highest BCUT2D eigenvalue weighted by atomic mass is 35.5. The van der Waals surface area contributed by atoms with Crippen molar-refractivity contribution in [1.82, 2.24) is 24.3 Å². The number of anilines is 1. The molecule has 43 heavy (non-hydrogen) atoms. The van der Waals surface area contributed by atoms with E-state index < -0.39 is 23.9 Å². The number of nitrogens with one attached hydrogen (secondary N) is 1. The first-order chi connectivity index (χ1) is 20.1. The van der Waals surface area contributed by atoms with Gasteiger partial charge in [0.1, 0.15) is 11.4 Å². The van der Waals surface area contributed by atoms with Gasteiger partial charge in [0.25, 0.3) is 0 Å². The Morgan fingerprint density at radius 1 is 1.02 bits per heavy atom. The molecule has 5 rings (SSSR count). The number of aliphatic hydroxyl groups excluding tert-OH is 1. The lowest BCUT2D eigenvalue weighted by Crippen LogP contribution is -2.60. The number of amides is 3. The molecule has 2 aromatic rings. The topological polar surface area (TPSA) is 163 Å². The molecule has 0 radical (unpaired) electrons. The van der Waals surface area contributed by atoms with Crippen LogP contribution in [0.4, 0.5) is 10.6 Å². The van der Waals surface area contributed by atoms with E-state index in [1.165, 1.54) is 29.9 Å². The number of urea groups is 1. The fourth-order valence-electron chi connectivity index (χ4n) is 5.84. The van der Waals surface area contributed by atoms with Gasteiger partial charge in [-0.1, -0.05) is 12.1 Å². The third-order valence-electron chi connectivity index (χ3n) is 8.76. The zero-order chi connectivity index (χ0) is 29.9. The smallest absolute Gasteiger partial charge is 0.354 e. The number of rotatable bonds is 9. The second-order valence-corrected chi connectivity index (χ2v) is 12.4. The van der Waals surface area contributed by atoms with Crippen LogP contribution in [0.15, 0.2) is 41.3 Å². The number of piperazine rings is 1. The van der Waals surface area contributed by atoms with Crippen LogP contribution >= 0.6 is 12.4 Å². The standard InChI is InChI=1S/C30H44N8O4.ClH/c1-30(32,20-39)27(40)35-14-16-36(17-15-35)28(41)33-26-12-13-38(29(42)34-26)25-8-4-22(5-9-25)19-37(18-21-2-3-21)24-10-6-23(31)7-11-24;/h4-5,8-9,12-13,21,23-24,39H,2-3,6-7,10-11,14-20,31-32H2,1H3,(H,33,34,41,42);1H. The van der Waals surface area contributed by atoms with E-state index in [0.29, 0.717) is 44.0 Å². The first kappa shape index (κ1) is 32.9. The number of hydrogen-bond acceptors (Lipinski definition) is 8. The summed E-state index contributed by atoms with van der Waals surface area (Å²) in [6.07, 6.45) is 8.76. The third kappa shape index (κ3) is 8.33. The van der Waals surface area contributed by atoms with Crippen molar-refractivity contribution in [3.63, 3.8) is 0 Å². The van der Waals surface area contributed by atoms with Crippen LogP contribution in [0.3, 0.4) is 0 Å². The molecule has 1 aromatic carbocycles. The van der Waals surface area contributed by atoms with Crippen molar-refractivity contribution in [3.05, 3.63) is 52.6 Å². The normalized spacial score (nSPS) is 22.1. The largest absolute Gasteiger partial charge is 0.394 e. The number of aliphatic hydroxyl groups is 1. The van der Waals surface area contributed by atoms with E-state index in [1.807, 2.05) is 12.1 Å². The monoisotopic (exact) mass is 616 g/mol. The molecule has 1 aliphatic heterocycles. The molecule has 13 heteroatoms. The molecule has 2 heterocycles. The fraction of sp³-hybridized carbons (Fsp3) is 0.600. The number of carbonyl (C=O) groups is 2. The fourth-order valence-corrected chi connectivity index (χ4v) is 5.84. The minimum absolute atomic E-state index is 0. The zero-order valence-electron chi connectivity index (χ0n) is 24.9. The van der Waals surface area contributed by atoms with Crippen LogP contribution in [0.25, 0.3) is 5.69 Å². The number of hydrogen-bond donors (Lipinski definition) is 4. The number of halogens is 1. The Morgan fingerprint density at radius 2 is 1.65 bits per heavy atom. The van der Waals surface area contributed by atoms with E-state index in [0.717, 1.165) is 44.7 Å². The second kappa shape index (κ2) is 14.2. The predicted molar refractivity (Wildman–Crippen MR) is 167 cm³/mol. The van der Waals surface area contributed by atoms with Crippen molar-refractivity contribution < 1.29 is 14.7 Å². The molecule has 2 saturated carbocycles. The van der Waals surface area contributed by atoms with Crippen molar-refractivity contribution in [2.75, 3.05) is 44.6 Å². The maximum Gasteiger partial charge on any atom is 0.354 e. The number of carbonyl (C=O) groups excluding carboxylic acids is 2. The quantitative estimate of drug-likeness (QED) is 0.329. The summed E-state index contributed by atoms with van der Waals surface area (Å²) in [5.41, 5.74) is 12.1. The van der Waals surface area contributed by atoms with Gasteiger partial charge in [0.15, 0.2) is 0 Å². The van der Waals surface area contributed by atoms with Crippen molar-refractivity contribution >= 4 is 30.2 Å². The van der Waals surface area contributed by atoms with E-state index >= 15 is 0 Å². The summed E-state index contributed by atoms with van der Waals surface area (Å²) in [6, 6.07) is 10.1. The van der Waals surface area contributed by atoms with Crippen molar-refractivity contribution in [2.24, 2.45) is 17.4 Å². The Kier molecular flexibility index (Phi) is 10.8. The second-order valence-electron chi connectivity index (χ2n) is 12.4. The minimum atomic E-state index is -1.35. The maximum absolute atomic E-state index is 12.9. The highest BCUT2D eigenvalue weighted by molar-refractivity contribution is 5.89. The summed E-state index contributed by atoms with van der Waals surface area (Å²) >= 11 is 0. The summed E-state index contributed by atoms with van der Waals surface area (Å²) in [6.45, 7) is 4.27. The molecule has 3 aliphatic rings. The van der Waals surface area contributed by atoms with Gasteiger partial charge in [0, 0.05) is 57.5 Å². The van der Waals surface area contributed by atoms with Gasteiger partial charge < -0.3 is 26.4 Å². The van der Waals surface area contributed by atoms with Crippen LogP contribution in [0.1, 0.15) is 51.0 Å². The van der Waals surface area contributed by atoms with Gasteiger partial charge in [-0.05, 0) is 75.1 Å². The van der Waals surface area contributed by atoms with Gasteiger partial charge in [-0.3, -0.25) is 19.6 Å². The molecule has 1 atom stereocenters. The average Bonchev–Trinajstić information content (AvgIpc) is 3.82. The summed E-state index contributed by atoms with van der Waals surface area (Å²) in [5, 5.41) is 12.0. The molecule has 6 N–H and O–H groups in total. The molecule has 0 spiro atoms. The van der Waals surface area contributed by atoms with Crippen LogP contribution in [-0.2, 0) is 11.3 Å². The van der Waals surface area contributed by atoms with Gasteiger partial charge in [-0.25, -0.2) is 9.59 Å². The lowest BCUT2D eigenvalue weighted by atomic mass is 9.90. The Bertz CT molecular complexity index is 1300. The van der Waals surface area contributed by atoms with Gasteiger partial charge in [-0.2, -0.15) is 4.98 Å². The minimum Gasteiger partial charge on any atom is -0.394 e. The zero-order valence-corrected chi connectivity index (χ0v) is 25.7. The Labute approximate surface area is 258 Å². The van der Waals surface area contributed by atoms with E-state index in [9.17, 15) is 19.5 Å². The van der Waals surface area contributed by atoms with Gasteiger partial charge in [-0.15, -0.1) is 12.4 Å². The number of nitrogens with two attached hydrogens (primary N) is 2. The highest BCUT2D eigenvalue weighted by Gasteiger charge is 2.34. The Hall–Kier alpha value is -3.03. The number of benzene rings is 1. The highest BCUT2D eigenvalue weighted by Crippen LogP contribution is 2.33. The molecule has 2 aliphatic carbocycles. The van der Waals surface area contributed by atoms with Crippen LogP contribution in [0.2, 0.25) is 0 Å². The lowest BCUT2D eigenvalue weighted by Gasteiger charge is -2.37. The van der Waals surface area contributed by atoms with Gasteiger partial charge >= 0.3 is 11.7 Å². The lowest BCUT2D eigenvalue weighted by molar-refractivity contribution is -0.139. The van der Waals surface area contributed by atoms with Crippen LogP contribution < -0.4 is 22.5 Å². The maximum atomic E-state index is 12.9. The molecule has 1 aromatic heterocycles. The van der Waals surface area contributed by atoms with Crippen LogP contribution in [-0.4, -0.2) is 98.2 Å². The molecule has 3 fully saturated rings. The first-order valence-corrected chi connectivity index (χ1v) is 15.1. The van der Waals surface area contributed by atoms with Gasteiger partial charge in [0.05, 0.1) is 12.3 Å². The van der Waals surface area contributed by atoms with Crippen LogP contribution in [0, 0.1) is 5.92 Å². The molecule has 12 nitrogen and oxygen atoms in total. The van der Waals surface area contributed by atoms with Crippen molar-refractivity contribution in [2.45, 2.75) is 69.6 Å². The molecule has 0 bridgehead atoms. The van der Waals surface area contributed by atoms with E-state index in [1.54, 1.807) is 22.1 Å². The Morgan fingerprint density at radius 3 is 2.23 bits per heavy atom. The van der Waals surface area contributed by atoms with Gasteiger partial charge in [0.2, 0.25) is 5.91 Å². The summed E-state index contributed by atoms with van der Waals surface area (Å²) in [4.78, 5) is 47.9. The van der Waals surface area contributed by atoms with E-state index in [4.69, 9.17) is 11.5 Å². The van der Waals surface area contributed by atoms with E-state index in [-0.39, 0.29) is 24.1 Å². The number of aromatic nitrogens is 2. The Balaban J connectivity index is 0.00000423. The van der Waals surface area contributed by atoms with Crippen molar-refractivity contribution in [3.8, 4) is 5.69 Å². The summed E-state index contributed by atoms with van der Waals surface area (Å²) < 4.78 is 1.46. The third-order valence-corrected chi connectivity index (χ3v) is 8.76. The molecular weight excluding hydrogens is 572 g/mol. The molecular formula is C30H45ClN8O4. The summed E-state index contributed by atoms with van der Waals surface area (Å²) in [5.74, 6) is 0.624. The predicted octanol–water partition coefficient (Wildman–Crippen LogP) is 1.52.